The maximum atomic E-state index is 7.45. The van der Waals surface area contributed by atoms with Gasteiger partial charge >= 0.3 is 35.2 Å². The van der Waals surface area contributed by atoms with Crippen molar-refractivity contribution in [3.8, 4) is 0 Å². The fraction of sp³-hybridized carbons (Fsp3) is 1.00. The van der Waals surface area contributed by atoms with Crippen LogP contribution in [0.3, 0.4) is 0 Å². The molecule has 55 heavy (non-hydrogen) atoms. The molecule has 0 aliphatic carbocycles. The first-order chi connectivity index (χ1) is 26.8. The lowest BCUT2D eigenvalue weighted by Crippen LogP contribution is -2.66. The molecule has 0 spiro atoms. The summed E-state index contributed by atoms with van der Waals surface area (Å²) in [5, 5.41) is 13.8. The lowest BCUT2D eigenvalue weighted by molar-refractivity contribution is 0.0590. The highest BCUT2D eigenvalue weighted by molar-refractivity contribution is 6.83. The second-order valence-corrected chi connectivity index (χ2v) is 27.4. The number of hydrogen-bond acceptors (Lipinski definition) is 17. The fourth-order valence-electron chi connectivity index (χ4n) is 7.99. The van der Waals surface area contributed by atoms with E-state index in [1.54, 1.807) is 42.7 Å². The molecule has 0 bridgehead atoms. The Morgan fingerprint density at radius 2 is 0.527 bits per heavy atom. The Kier molecular flexibility index (Phi) is 22.4. The van der Waals surface area contributed by atoms with Crippen molar-refractivity contribution >= 4 is 35.2 Å². The van der Waals surface area contributed by atoms with Gasteiger partial charge < -0.3 is 79.8 Å². The third-order valence-electron chi connectivity index (χ3n) is 11.5. The minimum absolute atomic E-state index is 0.573. The maximum absolute atomic E-state index is 7.45. The molecule has 0 aromatic heterocycles. The highest BCUT2D eigenvalue weighted by Gasteiger charge is 2.61. The van der Waals surface area contributed by atoms with E-state index in [0.29, 0.717) is 24.2 Å². The lowest BCUT2D eigenvalue weighted by atomic mass is 10.3. The summed E-state index contributed by atoms with van der Waals surface area (Å²) in [6.07, 6.45) is 3.42. The monoisotopic (exact) mass is 854 g/mol. The molecule has 4 fully saturated rings. The summed E-state index contributed by atoms with van der Waals surface area (Å²) in [5.41, 5.74) is 0. The molecule has 4 aliphatic heterocycles. The topological polar surface area (TPSA) is 144 Å². The van der Waals surface area contributed by atoms with Crippen molar-refractivity contribution in [1.82, 2.24) is 40.9 Å². The Morgan fingerprint density at radius 3 is 0.745 bits per heavy atom. The van der Waals surface area contributed by atoms with Gasteiger partial charge in [0.15, 0.2) is 0 Å². The van der Waals surface area contributed by atoms with Crippen molar-refractivity contribution in [2.24, 2.45) is 0 Å². The van der Waals surface area contributed by atoms with Crippen LogP contribution in [0.25, 0.3) is 0 Å². The molecule has 0 aromatic carbocycles. The van der Waals surface area contributed by atoms with E-state index >= 15 is 0 Å². The van der Waals surface area contributed by atoms with Crippen LogP contribution >= 0.6 is 0 Å². The van der Waals surface area contributed by atoms with Crippen molar-refractivity contribution in [2.45, 2.75) is 49.9 Å². The second-order valence-electron chi connectivity index (χ2n) is 15.0. The van der Waals surface area contributed by atoms with Crippen molar-refractivity contribution < 1.29 is 38.9 Å². The molecule has 0 radical (unpaired) electrons. The van der Waals surface area contributed by atoms with Gasteiger partial charge in [0, 0.05) is 172 Å². The minimum atomic E-state index is -3.62. The van der Waals surface area contributed by atoms with Crippen LogP contribution in [0.4, 0.5) is 0 Å². The first-order valence-corrected chi connectivity index (χ1v) is 28.7. The molecule has 0 aromatic rings. The Labute approximate surface area is 337 Å². The minimum Gasteiger partial charge on any atom is -0.378 e. The summed E-state index contributed by atoms with van der Waals surface area (Å²) in [6.45, 7) is 19.9. The Bertz CT molecular complexity index is 938. The van der Waals surface area contributed by atoms with Crippen molar-refractivity contribution in [1.29, 1.82) is 0 Å². The largest absolute Gasteiger partial charge is 0.493 e. The van der Waals surface area contributed by atoms with Gasteiger partial charge in [-0.3, -0.25) is 0 Å². The van der Waals surface area contributed by atoms with Crippen molar-refractivity contribution in [3.05, 3.63) is 0 Å². The van der Waals surface area contributed by atoms with Crippen LogP contribution in [0, 0.1) is 0 Å². The summed E-state index contributed by atoms with van der Waals surface area (Å²) in [6, 6.07) is 2.44. The molecular weight excluding hydrogens is 777 g/mol. The zero-order chi connectivity index (χ0) is 39.3. The molecule has 4 saturated heterocycles. The van der Waals surface area contributed by atoms with E-state index in [2.05, 4.69) is 40.9 Å². The van der Waals surface area contributed by atoms with Crippen molar-refractivity contribution in [2.75, 3.05) is 174 Å². The van der Waals surface area contributed by atoms with Crippen molar-refractivity contribution in [3.63, 3.8) is 0 Å². The molecule has 2 atom stereocenters. The van der Waals surface area contributed by atoms with Crippen LogP contribution in [0.1, 0.15) is 25.7 Å². The second kappa shape index (κ2) is 25.7. The molecule has 324 valence electrons. The third kappa shape index (κ3) is 16.0. The number of nitrogens with zero attached hydrogens (tertiary/aromatic N) is 4. The van der Waals surface area contributed by atoms with Gasteiger partial charge in [0.05, 0.1) is 0 Å². The lowest BCUT2D eigenvalue weighted by Gasteiger charge is -2.44. The molecule has 4 rings (SSSR count). The van der Waals surface area contributed by atoms with Crippen LogP contribution in [0.15, 0.2) is 0 Å². The molecule has 0 amide bonds. The molecule has 4 N–H and O–H groups in total. The summed E-state index contributed by atoms with van der Waals surface area (Å²) >= 11 is 0. The van der Waals surface area contributed by atoms with E-state index in [9.17, 15) is 0 Å². The van der Waals surface area contributed by atoms with E-state index in [1.807, 2.05) is 0 Å². The number of rotatable bonds is 28. The standard InChI is InChI=1S/C34H78N8O9Si4/c1-43-52(44-2,31-7-19-39-23-11-35-12-24-39)49-54(47-5,33-9-21-41-27-15-37-16-28-41)51-55(48-6,34-10-22-42-29-17-38-18-30-42)50-53(45-3,46-4)32-8-20-40-25-13-36-14-26-40/h35-38H,7-34H2,1-6H3. The van der Waals surface area contributed by atoms with Gasteiger partial charge in [-0.25, -0.2) is 0 Å². The maximum Gasteiger partial charge on any atom is 0.493 e. The van der Waals surface area contributed by atoms with E-state index in [4.69, 9.17) is 38.9 Å². The van der Waals surface area contributed by atoms with Gasteiger partial charge in [-0.1, -0.05) is 0 Å². The molecule has 21 heteroatoms. The zero-order valence-electron chi connectivity index (χ0n) is 35.3. The molecule has 17 nitrogen and oxygen atoms in total. The molecule has 4 heterocycles. The first-order valence-electron chi connectivity index (χ1n) is 20.9. The Morgan fingerprint density at radius 1 is 0.327 bits per heavy atom. The molecule has 2 unspecified atom stereocenters. The number of nitrogens with one attached hydrogen (secondary N) is 4. The van der Waals surface area contributed by atoms with Crippen LogP contribution in [0.5, 0.6) is 0 Å². The Hall–Kier alpha value is 0.188. The molecular formula is C34H78N8O9Si4. The highest BCUT2D eigenvalue weighted by atomic mass is 28.5. The van der Waals surface area contributed by atoms with Gasteiger partial charge in [-0.05, 0) is 51.9 Å². The fourth-order valence-corrected chi connectivity index (χ4v) is 23.8. The average molecular weight is 855 g/mol. The predicted octanol–water partition coefficient (Wildman–Crippen LogP) is -0.149. The predicted molar refractivity (Wildman–Crippen MR) is 223 cm³/mol. The number of piperazine rings is 4. The van der Waals surface area contributed by atoms with Gasteiger partial charge in [-0.15, -0.1) is 0 Å². The van der Waals surface area contributed by atoms with Crippen LogP contribution in [-0.4, -0.2) is 228 Å². The van der Waals surface area contributed by atoms with E-state index in [0.717, 1.165) is 157 Å². The van der Waals surface area contributed by atoms with Crippen LogP contribution < -0.4 is 21.3 Å². The van der Waals surface area contributed by atoms with Gasteiger partial charge in [0.2, 0.25) is 0 Å². The highest BCUT2D eigenvalue weighted by Crippen LogP contribution is 2.35. The third-order valence-corrected chi connectivity index (χ3v) is 26.5. The zero-order valence-corrected chi connectivity index (χ0v) is 39.3. The SMILES string of the molecule is CO[Si](CCCN1CCNCC1)(OC)O[Si](CCCN1CCNCC1)(OC)O[Si](CCCN1CCNCC1)(OC)O[Si](CCCN1CCNCC1)(OC)OC. The van der Waals surface area contributed by atoms with E-state index < -0.39 is 35.2 Å². The van der Waals surface area contributed by atoms with E-state index in [1.165, 1.54) is 0 Å². The van der Waals surface area contributed by atoms with Gasteiger partial charge in [0.1, 0.15) is 0 Å². The Balaban J connectivity index is 1.61. The van der Waals surface area contributed by atoms with Crippen LogP contribution in [0.2, 0.25) is 24.2 Å². The molecule has 0 saturated carbocycles. The first kappa shape index (κ1) is 47.9. The summed E-state index contributed by atoms with van der Waals surface area (Å²) in [7, 11) is -3.57. The molecule has 4 aliphatic rings. The average Bonchev–Trinajstić information content (AvgIpc) is 3.24. The van der Waals surface area contributed by atoms with Gasteiger partial charge in [-0.2, -0.15) is 0 Å². The van der Waals surface area contributed by atoms with Gasteiger partial charge in [0.25, 0.3) is 0 Å². The summed E-state index contributed by atoms with van der Waals surface area (Å²) < 4.78 is 60.2. The summed E-state index contributed by atoms with van der Waals surface area (Å²) in [4.78, 5) is 9.96. The normalized spacial score (nSPS) is 22.8. The number of hydrogen-bond donors (Lipinski definition) is 4. The summed E-state index contributed by atoms with van der Waals surface area (Å²) in [5.74, 6) is 0. The smallest absolute Gasteiger partial charge is 0.378 e. The quantitative estimate of drug-likeness (QED) is 0.0775. The van der Waals surface area contributed by atoms with Crippen LogP contribution in [-0.2, 0) is 38.9 Å². The van der Waals surface area contributed by atoms with E-state index in [-0.39, 0.29) is 0 Å².